The highest BCUT2D eigenvalue weighted by Crippen LogP contribution is 2.80. The van der Waals surface area contributed by atoms with Gasteiger partial charge in [-0.3, -0.25) is 14.5 Å². The van der Waals surface area contributed by atoms with E-state index in [1.165, 1.54) is 13.3 Å². The predicted molar refractivity (Wildman–Crippen MR) is 144 cm³/mol. The first-order chi connectivity index (χ1) is 18.3. The van der Waals surface area contributed by atoms with Gasteiger partial charge < -0.3 is 19.3 Å². The second kappa shape index (κ2) is 8.29. The summed E-state index contributed by atoms with van der Waals surface area (Å²) in [6.45, 7) is 12.8. The molecule has 7 heteroatoms. The fourth-order valence-corrected chi connectivity index (χ4v) is 12.0. The van der Waals surface area contributed by atoms with Crippen molar-refractivity contribution in [3.63, 3.8) is 0 Å². The van der Waals surface area contributed by atoms with Crippen LogP contribution in [0.15, 0.2) is 0 Å². The zero-order chi connectivity index (χ0) is 27.8. The molecule has 2 saturated carbocycles. The normalized spacial score (nSPS) is 55.5. The Balaban J connectivity index is 1.35. The molecule has 0 amide bonds. The van der Waals surface area contributed by atoms with Gasteiger partial charge in [0.1, 0.15) is 6.23 Å². The van der Waals surface area contributed by atoms with Crippen molar-refractivity contribution in [1.29, 1.82) is 0 Å². The number of hydrogen-bond acceptors (Lipinski definition) is 7. The minimum Gasteiger partial charge on any atom is -0.454 e. The van der Waals surface area contributed by atoms with Gasteiger partial charge in [-0.05, 0) is 88.4 Å². The van der Waals surface area contributed by atoms with E-state index >= 15 is 0 Å². The number of rotatable bonds is 6. The number of aliphatic hydroxyl groups excluding tert-OH is 1. The van der Waals surface area contributed by atoms with E-state index in [0.29, 0.717) is 30.8 Å². The van der Waals surface area contributed by atoms with Crippen molar-refractivity contribution < 1.29 is 28.9 Å². The summed E-state index contributed by atoms with van der Waals surface area (Å²) in [5.41, 5.74) is -1.12. The van der Waals surface area contributed by atoms with Crippen LogP contribution in [0.25, 0.3) is 0 Å². The molecule has 13 atom stereocenters. The third-order valence-electron chi connectivity index (χ3n) is 13.7. The highest BCUT2D eigenvalue weighted by Gasteiger charge is 2.82. The van der Waals surface area contributed by atoms with Crippen LogP contribution in [0.5, 0.6) is 0 Å². The van der Waals surface area contributed by atoms with Crippen LogP contribution < -0.4 is 0 Å². The van der Waals surface area contributed by atoms with Crippen molar-refractivity contribution in [1.82, 2.24) is 4.90 Å². The van der Waals surface area contributed by atoms with Gasteiger partial charge in [-0.15, -0.1) is 0 Å². The number of fused-ring (bicyclic) bond motifs is 4. The van der Waals surface area contributed by atoms with E-state index in [1.54, 1.807) is 0 Å². The van der Waals surface area contributed by atoms with Crippen molar-refractivity contribution in [2.45, 2.75) is 142 Å². The highest BCUT2D eigenvalue weighted by molar-refractivity contribution is 5.91. The summed E-state index contributed by atoms with van der Waals surface area (Å²) in [5.74, 6) is 0.498. The van der Waals surface area contributed by atoms with Gasteiger partial charge in [0.05, 0.1) is 18.1 Å². The molecule has 0 aromatic carbocycles. The summed E-state index contributed by atoms with van der Waals surface area (Å²) in [6.07, 6.45) is 8.51. The summed E-state index contributed by atoms with van der Waals surface area (Å²) < 4.78 is 18.5. The number of nitrogens with zero attached hydrogens (tertiary/aromatic N) is 1. The van der Waals surface area contributed by atoms with Crippen molar-refractivity contribution >= 4 is 11.8 Å². The number of carbonyl (C=O) groups is 2. The lowest BCUT2D eigenvalue weighted by Gasteiger charge is -2.68. The molecule has 1 N–H and O–H groups in total. The number of piperidine rings is 2. The number of Topliss-reactive ketones (excluding diaryl/α,β-unsaturated/α-hetero) is 1. The maximum absolute atomic E-state index is 14.7. The second-order valence-corrected chi connectivity index (χ2v) is 15.5. The molecule has 5 saturated heterocycles. The Hall–Kier alpha value is -1.02. The maximum atomic E-state index is 14.7. The van der Waals surface area contributed by atoms with Crippen LogP contribution in [-0.4, -0.2) is 64.2 Å². The van der Waals surface area contributed by atoms with Gasteiger partial charge in [-0.1, -0.05) is 27.2 Å². The van der Waals surface area contributed by atoms with Gasteiger partial charge in [-0.2, -0.15) is 0 Å². The lowest BCUT2D eigenvalue weighted by molar-refractivity contribution is -0.285. The van der Waals surface area contributed by atoms with Gasteiger partial charge in [0.25, 0.3) is 0 Å². The zero-order valence-corrected chi connectivity index (χ0v) is 24.8. The summed E-state index contributed by atoms with van der Waals surface area (Å²) in [5, 5.41) is 12.0. The Kier molecular flexibility index (Phi) is 5.71. The van der Waals surface area contributed by atoms with Crippen LogP contribution in [0, 0.1) is 39.9 Å². The third-order valence-corrected chi connectivity index (χ3v) is 13.7. The van der Waals surface area contributed by atoms with Crippen LogP contribution in [0.3, 0.4) is 0 Å². The van der Waals surface area contributed by atoms with E-state index in [1.807, 2.05) is 13.8 Å². The topological polar surface area (TPSA) is 85.3 Å². The van der Waals surface area contributed by atoms with E-state index in [2.05, 4.69) is 25.7 Å². The van der Waals surface area contributed by atoms with E-state index in [4.69, 9.17) is 14.2 Å². The average Bonchev–Trinajstić information content (AvgIpc) is 3.48. The fraction of sp³-hybridized carbons (Fsp3) is 0.938. The molecule has 2 aliphatic carbocycles. The molecule has 5 heterocycles. The molecule has 39 heavy (non-hydrogen) atoms. The summed E-state index contributed by atoms with van der Waals surface area (Å²) >= 11 is 0. The molecular formula is C32H49NO6. The van der Waals surface area contributed by atoms with Crippen LogP contribution in [0.4, 0.5) is 0 Å². The first kappa shape index (κ1) is 26.9. The quantitative estimate of drug-likeness (QED) is 0.480. The molecule has 7 fully saturated rings. The molecule has 0 aromatic rings. The van der Waals surface area contributed by atoms with Crippen molar-refractivity contribution in [2.75, 3.05) is 6.61 Å². The van der Waals surface area contributed by atoms with Crippen LogP contribution in [0.2, 0.25) is 0 Å². The monoisotopic (exact) mass is 543 g/mol. The molecule has 7 bridgehead atoms. The number of carbonyl (C=O) groups excluding carboxylic acids is 2. The molecule has 7 aliphatic rings. The Bertz CT molecular complexity index is 1080. The largest absolute Gasteiger partial charge is 0.454 e. The SMILES string of the molecule is CC(=O)O[C@@H](C[C@]12[C@@H]3[C@@H](C(C)C)CC[C@@]1(C)[C@@H]1CC[C@@]4(CCC[C@H]42)N3[C@H]1O)C(=O)[C@]1(C)CO[C@@]2(C)CC[C@@H]1O2. The number of ketones is 1. The summed E-state index contributed by atoms with van der Waals surface area (Å²) in [4.78, 5) is 29.9. The Morgan fingerprint density at radius 2 is 1.82 bits per heavy atom. The molecule has 7 nitrogen and oxygen atoms in total. The van der Waals surface area contributed by atoms with Gasteiger partial charge in [-0.25, -0.2) is 0 Å². The minimum absolute atomic E-state index is 0.00781. The van der Waals surface area contributed by atoms with Crippen molar-refractivity contribution in [3.05, 3.63) is 0 Å². The summed E-state index contributed by atoms with van der Waals surface area (Å²) in [7, 11) is 0. The average molecular weight is 544 g/mol. The van der Waals surface area contributed by atoms with Crippen molar-refractivity contribution in [2.24, 2.45) is 39.9 Å². The minimum atomic E-state index is -0.848. The Labute approximate surface area is 233 Å². The number of hydrogen-bond donors (Lipinski definition) is 1. The molecular weight excluding hydrogens is 494 g/mol. The van der Waals surface area contributed by atoms with E-state index in [9.17, 15) is 14.7 Å². The van der Waals surface area contributed by atoms with E-state index in [-0.39, 0.29) is 40.2 Å². The molecule has 1 unspecified atom stereocenters. The van der Waals surface area contributed by atoms with Gasteiger partial charge >= 0.3 is 5.97 Å². The van der Waals surface area contributed by atoms with Crippen LogP contribution >= 0.6 is 0 Å². The maximum Gasteiger partial charge on any atom is 0.303 e. The van der Waals surface area contributed by atoms with E-state index < -0.39 is 29.5 Å². The van der Waals surface area contributed by atoms with E-state index in [0.717, 1.165) is 51.4 Å². The first-order valence-corrected chi connectivity index (χ1v) is 15.8. The second-order valence-electron chi connectivity index (χ2n) is 15.5. The Morgan fingerprint density at radius 3 is 2.54 bits per heavy atom. The fourth-order valence-electron chi connectivity index (χ4n) is 12.0. The number of esters is 1. The van der Waals surface area contributed by atoms with Gasteiger partial charge in [0, 0.05) is 36.3 Å². The van der Waals surface area contributed by atoms with Gasteiger partial charge in [0.2, 0.25) is 0 Å². The molecule has 218 valence electrons. The Morgan fingerprint density at radius 1 is 1.05 bits per heavy atom. The third kappa shape index (κ3) is 3.14. The standard InChI is InChI=1S/C32H49NO6/c1-18(2)20-9-13-29(5)21-10-15-31-12-7-8-23(31)32(29,25(20)33(31)27(21)36)16-22(38-19(3)34)26(35)28(4)17-37-30(6)14-11-24(28)39-30/h18,20-25,27,36H,7-17H2,1-6H3/t20-,21-,22+,23-,24+,25+,27+,28-,29+,30-,31-,32+/m1/s1. The summed E-state index contributed by atoms with van der Waals surface area (Å²) in [6, 6.07) is 0.209. The lowest BCUT2D eigenvalue weighted by Crippen LogP contribution is -2.72. The number of aliphatic hydroxyl groups is 1. The van der Waals surface area contributed by atoms with Crippen molar-refractivity contribution in [3.8, 4) is 0 Å². The molecule has 1 spiro atoms. The van der Waals surface area contributed by atoms with Crippen LogP contribution in [0.1, 0.15) is 106 Å². The zero-order valence-electron chi connectivity index (χ0n) is 24.8. The smallest absolute Gasteiger partial charge is 0.303 e. The first-order valence-electron chi connectivity index (χ1n) is 15.8. The molecule has 5 aliphatic heterocycles. The number of ether oxygens (including phenoxy) is 3. The van der Waals surface area contributed by atoms with Crippen LogP contribution in [-0.2, 0) is 23.8 Å². The molecule has 7 rings (SSSR count). The predicted octanol–water partition coefficient (Wildman–Crippen LogP) is 4.83. The highest BCUT2D eigenvalue weighted by atomic mass is 16.7. The van der Waals surface area contributed by atoms with Gasteiger partial charge in [0.15, 0.2) is 17.7 Å². The molecule has 0 aromatic heterocycles. The lowest BCUT2D eigenvalue weighted by atomic mass is 9.41. The molecule has 0 radical (unpaired) electrons.